The summed E-state index contributed by atoms with van der Waals surface area (Å²) < 4.78 is 6.37. The van der Waals surface area contributed by atoms with Crippen molar-refractivity contribution in [2.24, 2.45) is 0 Å². The maximum absolute atomic E-state index is 5.66. The van der Waals surface area contributed by atoms with Gasteiger partial charge in [0.05, 0.1) is 0 Å². The predicted molar refractivity (Wildman–Crippen MR) is 84.6 cm³/mol. The molecule has 0 saturated carbocycles. The Kier molecular flexibility index (Phi) is 3.47. The summed E-state index contributed by atoms with van der Waals surface area (Å²) in [7, 11) is 0. The molecule has 1 aromatic carbocycles. The largest absolute Gasteiger partial charge is 0.384 e. The van der Waals surface area contributed by atoms with Crippen LogP contribution in [0.25, 0.3) is 23.0 Å². The molecule has 2 N–H and O–H groups in total. The van der Waals surface area contributed by atoms with E-state index in [1.54, 1.807) is 18.2 Å². The predicted octanol–water partition coefficient (Wildman–Crippen LogP) is 3.76. The van der Waals surface area contributed by atoms with Crippen LogP contribution in [0.2, 0.25) is 0 Å². The lowest BCUT2D eigenvalue weighted by Gasteiger charge is -2.04. The van der Waals surface area contributed by atoms with Gasteiger partial charge in [-0.1, -0.05) is 27.2 Å². The minimum absolute atomic E-state index is 0.357. The highest BCUT2D eigenvalue weighted by atomic mass is 79.9. The zero-order valence-corrected chi connectivity index (χ0v) is 13.2. The van der Waals surface area contributed by atoms with Gasteiger partial charge in [0.1, 0.15) is 11.5 Å². The minimum atomic E-state index is 0.357. The van der Waals surface area contributed by atoms with Gasteiger partial charge < -0.3 is 10.3 Å². The van der Waals surface area contributed by atoms with Crippen LogP contribution in [0.5, 0.6) is 0 Å². The highest BCUT2D eigenvalue weighted by molar-refractivity contribution is 9.10. The van der Waals surface area contributed by atoms with Crippen molar-refractivity contribution in [1.29, 1.82) is 0 Å². The maximum Gasteiger partial charge on any atom is 0.276 e. The summed E-state index contributed by atoms with van der Waals surface area (Å²) in [5.74, 6) is 1.31. The molecule has 0 radical (unpaired) electrons. The van der Waals surface area contributed by atoms with Crippen LogP contribution in [0.1, 0.15) is 11.1 Å². The van der Waals surface area contributed by atoms with E-state index in [9.17, 15) is 0 Å². The Labute approximate surface area is 130 Å². The van der Waals surface area contributed by atoms with Crippen molar-refractivity contribution >= 4 is 21.7 Å². The van der Waals surface area contributed by atoms with Crippen LogP contribution in [-0.2, 0) is 0 Å². The first-order valence-electron chi connectivity index (χ1n) is 6.38. The van der Waals surface area contributed by atoms with Crippen LogP contribution >= 0.6 is 15.9 Å². The van der Waals surface area contributed by atoms with Crippen molar-refractivity contribution in [2.45, 2.75) is 13.8 Å². The monoisotopic (exact) mass is 344 g/mol. The van der Waals surface area contributed by atoms with Crippen molar-refractivity contribution in [2.75, 3.05) is 5.73 Å². The van der Waals surface area contributed by atoms with Crippen LogP contribution in [0.4, 0.5) is 5.82 Å². The third kappa shape index (κ3) is 2.67. The Hall–Kier alpha value is -2.21. The number of pyridine rings is 1. The average molecular weight is 345 g/mol. The molecule has 3 rings (SSSR count). The zero-order valence-electron chi connectivity index (χ0n) is 11.6. The smallest absolute Gasteiger partial charge is 0.276 e. The Morgan fingerprint density at radius 3 is 2.48 bits per heavy atom. The first kappa shape index (κ1) is 13.8. The number of nitrogens with two attached hydrogens (primary N) is 1. The Morgan fingerprint density at radius 1 is 1.10 bits per heavy atom. The molecule has 3 aromatic rings. The van der Waals surface area contributed by atoms with Gasteiger partial charge in [-0.2, -0.15) is 4.98 Å². The van der Waals surface area contributed by atoms with Crippen molar-refractivity contribution in [3.63, 3.8) is 0 Å². The van der Waals surface area contributed by atoms with Crippen LogP contribution < -0.4 is 5.73 Å². The second-order valence-electron chi connectivity index (χ2n) is 4.79. The van der Waals surface area contributed by atoms with Gasteiger partial charge in [0.15, 0.2) is 0 Å². The van der Waals surface area contributed by atoms with Gasteiger partial charge in [-0.25, -0.2) is 4.98 Å². The molecular formula is C15H13BrN4O. The molecule has 0 spiro atoms. The van der Waals surface area contributed by atoms with E-state index in [0.29, 0.717) is 23.2 Å². The Bertz CT molecular complexity index is 790. The molecule has 21 heavy (non-hydrogen) atoms. The maximum atomic E-state index is 5.66. The highest BCUT2D eigenvalue weighted by Gasteiger charge is 2.13. The normalized spacial score (nSPS) is 10.8. The topological polar surface area (TPSA) is 77.8 Å². The van der Waals surface area contributed by atoms with Crippen LogP contribution in [0, 0.1) is 13.8 Å². The van der Waals surface area contributed by atoms with E-state index in [1.165, 1.54) is 0 Å². The summed E-state index contributed by atoms with van der Waals surface area (Å²) in [4.78, 5) is 8.57. The summed E-state index contributed by atoms with van der Waals surface area (Å²) >= 11 is 3.55. The van der Waals surface area contributed by atoms with Crippen molar-refractivity contribution < 1.29 is 4.52 Å². The molecule has 0 saturated heterocycles. The zero-order chi connectivity index (χ0) is 15.0. The van der Waals surface area contributed by atoms with Gasteiger partial charge in [-0.15, -0.1) is 0 Å². The molecule has 2 aromatic heterocycles. The standard InChI is InChI=1S/C15H13BrN4O/c1-8-6-10(7-9(2)13(8)16)14-19-15(21-20-14)11-4-3-5-12(17)18-11/h3-7H,1-2H3,(H2,17,18). The van der Waals surface area contributed by atoms with Gasteiger partial charge >= 0.3 is 0 Å². The van der Waals surface area contributed by atoms with E-state index in [-0.39, 0.29) is 0 Å². The number of benzene rings is 1. The second-order valence-corrected chi connectivity index (χ2v) is 5.59. The molecule has 6 heteroatoms. The number of hydrogen-bond donors (Lipinski definition) is 1. The lowest BCUT2D eigenvalue weighted by molar-refractivity contribution is 0.431. The summed E-state index contributed by atoms with van der Waals surface area (Å²) in [5, 5.41) is 4.02. The van der Waals surface area contributed by atoms with Crippen LogP contribution in [0.15, 0.2) is 39.3 Å². The number of aryl methyl sites for hydroxylation is 2. The van der Waals surface area contributed by atoms with Crippen LogP contribution in [-0.4, -0.2) is 15.1 Å². The van der Waals surface area contributed by atoms with Crippen LogP contribution in [0.3, 0.4) is 0 Å². The molecule has 106 valence electrons. The fourth-order valence-electron chi connectivity index (χ4n) is 2.09. The van der Waals surface area contributed by atoms with Crippen molar-refractivity contribution in [3.8, 4) is 23.0 Å². The molecule has 0 bridgehead atoms. The number of nitrogens with zero attached hydrogens (tertiary/aromatic N) is 3. The third-order valence-electron chi connectivity index (χ3n) is 3.11. The molecule has 0 amide bonds. The van der Waals surface area contributed by atoms with Crippen molar-refractivity contribution in [1.82, 2.24) is 15.1 Å². The van der Waals surface area contributed by atoms with Gasteiger partial charge in [0, 0.05) is 10.0 Å². The molecule has 0 fully saturated rings. The molecule has 5 nitrogen and oxygen atoms in total. The molecular weight excluding hydrogens is 332 g/mol. The number of rotatable bonds is 2. The first-order chi connectivity index (χ1) is 10.0. The lowest BCUT2D eigenvalue weighted by Crippen LogP contribution is -1.91. The average Bonchev–Trinajstić information content (AvgIpc) is 2.94. The van der Waals surface area contributed by atoms with E-state index < -0.39 is 0 Å². The molecule has 0 aliphatic rings. The number of aromatic nitrogens is 3. The van der Waals surface area contributed by atoms with E-state index in [1.807, 2.05) is 26.0 Å². The summed E-state index contributed by atoms with van der Waals surface area (Å²) in [5.41, 5.74) is 9.39. The number of halogens is 1. The lowest BCUT2D eigenvalue weighted by atomic mass is 10.1. The van der Waals surface area contributed by atoms with E-state index in [0.717, 1.165) is 21.2 Å². The fourth-order valence-corrected chi connectivity index (χ4v) is 2.32. The van der Waals surface area contributed by atoms with E-state index >= 15 is 0 Å². The fraction of sp³-hybridized carbons (Fsp3) is 0.133. The molecule has 0 atom stereocenters. The number of hydrogen-bond acceptors (Lipinski definition) is 5. The molecule has 2 heterocycles. The van der Waals surface area contributed by atoms with Gasteiger partial charge in [-0.05, 0) is 49.2 Å². The molecule has 0 unspecified atom stereocenters. The SMILES string of the molecule is Cc1cc(-c2noc(-c3cccc(N)n3)n2)cc(C)c1Br. The summed E-state index contributed by atoms with van der Waals surface area (Å²) in [6, 6.07) is 9.32. The number of nitrogen functional groups attached to an aromatic ring is 1. The summed E-state index contributed by atoms with van der Waals surface area (Å²) in [6.07, 6.45) is 0. The highest BCUT2D eigenvalue weighted by Crippen LogP contribution is 2.28. The summed E-state index contributed by atoms with van der Waals surface area (Å²) in [6.45, 7) is 4.06. The minimum Gasteiger partial charge on any atom is -0.384 e. The van der Waals surface area contributed by atoms with Gasteiger partial charge in [0.2, 0.25) is 5.82 Å². The first-order valence-corrected chi connectivity index (χ1v) is 7.17. The molecule has 0 aliphatic carbocycles. The van der Waals surface area contributed by atoms with E-state index in [2.05, 4.69) is 31.1 Å². The number of anilines is 1. The quantitative estimate of drug-likeness (QED) is 0.765. The molecule has 0 aliphatic heterocycles. The Balaban J connectivity index is 2.02. The second kappa shape index (κ2) is 5.29. The Morgan fingerprint density at radius 2 is 1.81 bits per heavy atom. The van der Waals surface area contributed by atoms with Gasteiger partial charge in [0.25, 0.3) is 5.89 Å². The van der Waals surface area contributed by atoms with E-state index in [4.69, 9.17) is 10.3 Å². The third-order valence-corrected chi connectivity index (χ3v) is 4.36. The van der Waals surface area contributed by atoms with Crippen molar-refractivity contribution in [3.05, 3.63) is 45.9 Å². The van der Waals surface area contributed by atoms with Gasteiger partial charge in [-0.3, -0.25) is 0 Å².